The first-order chi connectivity index (χ1) is 27.5. The van der Waals surface area contributed by atoms with E-state index in [1.165, 1.54) is 0 Å². The van der Waals surface area contributed by atoms with Gasteiger partial charge in [-0.15, -0.1) is 0 Å². The minimum Gasteiger partial charge on any atom is -0.490 e. The highest BCUT2D eigenvalue weighted by molar-refractivity contribution is 5.81. The largest absolute Gasteiger partial charge is 0.490 e. The van der Waals surface area contributed by atoms with Gasteiger partial charge in [0.1, 0.15) is 0 Å². The lowest BCUT2D eigenvalue weighted by Crippen LogP contribution is -2.41. The Bertz CT molecular complexity index is 1660. The fourth-order valence-electron chi connectivity index (χ4n) is 5.28. The molecule has 4 aromatic rings. The lowest BCUT2D eigenvalue weighted by Gasteiger charge is -2.31. The van der Waals surface area contributed by atoms with Crippen molar-refractivity contribution in [3.8, 4) is 34.3 Å². The molecule has 3 heterocycles. The maximum absolute atomic E-state index is 11.1. The van der Waals surface area contributed by atoms with E-state index in [9.17, 15) is 9.59 Å². The highest BCUT2D eigenvalue weighted by Gasteiger charge is 2.29. The van der Waals surface area contributed by atoms with Crippen molar-refractivity contribution in [2.45, 2.75) is 64.3 Å². The summed E-state index contributed by atoms with van der Waals surface area (Å²) in [6.07, 6.45) is 12.5. The van der Waals surface area contributed by atoms with E-state index in [0.717, 1.165) is 72.9 Å². The first-order valence-electron chi connectivity index (χ1n) is 18.6. The Morgan fingerprint density at radius 1 is 0.571 bits per heavy atom. The zero-order valence-corrected chi connectivity index (χ0v) is 31.4. The molecule has 1 aliphatic heterocycles. The third-order valence-electron chi connectivity index (χ3n) is 8.32. The molecule has 1 saturated heterocycles. The van der Waals surface area contributed by atoms with Crippen molar-refractivity contribution in [1.82, 2.24) is 19.9 Å². The second-order valence-electron chi connectivity index (χ2n) is 12.5. The second-order valence-corrected chi connectivity index (χ2v) is 12.5. The summed E-state index contributed by atoms with van der Waals surface area (Å²) in [6, 6.07) is 15.6. The van der Waals surface area contributed by atoms with Crippen LogP contribution in [-0.4, -0.2) is 84.1 Å². The predicted molar refractivity (Wildman–Crippen MR) is 205 cm³/mol. The average Bonchev–Trinajstić information content (AvgIpc) is 3.25. The molecular formula is C42H48N4O10. The molecule has 1 fully saturated rings. The van der Waals surface area contributed by atoms with Crippen molar-refractivity contribution in [3.05, 3.63) is 110 Å². The van der Waals surface area contributed by atoms with Crippen LogP contribution in [0.25, 0.3) is 22.8 Å². The smallest absolute Gasteiger partial charge is 0.330 e. The van der Waals surface area contributed by atoms with Gasteiger partial charge in [0.15, 0.2) is 23.1 Å². The zero-order chi connectivity index (χ0) is 39.2. The van der Waals surface area contributed by atoms with Gasteiger partial charge in [-0.1, -0.05) is 61.7 Å². The van der Waals surface area contributed by atoms with Crippen LogP contribution >= 0.6 is 0 Å². The molecule has 2 atom stereocenters. The summed E-state index contributed by atoms with van der Waals surface area (Å²) in [5.41, 5.74) is 3.61. The Kier molecular flexibility index (Phi) is 17.4. The Balaban J connectivity index is 0.992. The molecule has 56 heavy (non-hydrogen) atoms. The summed E-state index contributed by atoms with van der Waals surface area (Å²) in [6.45, 7) is 9.95. The van der Waals surface area contributed by atoms with Gasteiger partial charge in [0.05, 0.1) is 77.6 Å². The van der Waals surface area contributed by atoms with Gasteiger partial charge in [-0.25, -0.2) is 29.5 Å². The molecule has 0 N–H and O–H groups in total. The van der Waals surface area contributed by atoms with Gasteiger partial charge in [0.25, 0.3) is 0 Å². The summed E-state index contributed by atoms with van der Waals surface area (Å²) >= 11 is 0. The van der Waals surface area contributed by atoms with Crippen LogP contribution in [0.4, 0.5) is 0 Å². The molecule has 14 nitrogen and oxygen atoms in total. The molecule has 2 aromatic carbocycles. The number of hydrogen-bond acceptors (Lipinski definition) is 14. The van der Waals surface area contributed by atoms with Crippen LogP contribution in [-0.2, 0) is 51.2 Å². The molecule has 0 saturated carbocycles. The molecule has 296 valence electrons. The molecule has 5 rings (SSSR count). The van der Waals surface area contributed by atoms with E-state index in [4.69, 9.17) is 37.9 Å². The number of aromatic nitrogens is 4. The Morgan fingerprint density at radius 3 is 1.32 bits per heavy atom. The van der Waals surface area contributed by atoms with Crippen molar-refractivity contribution in [1.29, 1.82) is 0 Å². The monoisotopic (exact) mass is 768 g/mol. The number of ether oxygens (including phenoxy) is 8. The summed E-state index contributed by atoms with van der Waals surface area (Å²) in [5.74, 6) is 1.54. The van der Waals surface area contributed by atoms with Gasteiger partial charge >= 0.3 is 11.9 Å². The fourth-order valence-corrected chi connectivity index (χ4v) is 5.28. The number of benzene rings is 2. The van der Waals surface area contributed by atoms with E-state index in [-0.39, 0.29) is 0 Å². The van der Waals surface area contributed by atoms with Crippen molar-refractivity contribution in [2.75, 3.05) is 39.6 Å². The lowest BCUT2D eigenvalue weighted by atomic mass is 10.1. The van der Waals surface area contributed by atoms with Crippen LogP contribution in [0.15, 0.2) is 98.6 Å². The number of rotatable bonds is 24. The zero-order valence-electron chi connectivity index (χ0n) is 31.4. The molecule has 1 aliphatic rings. The standard InChI is InChI=1S/C42H48N4O10/c1-3-37(47)51-21-9-5-7-19-49-35-25-43-39(44-26-35)33-15-11-31(12-16-33)29-55-41-42(54-24-23-53-41)56-30-32-13-17-34(18-14-32)40-45-27-36(28-46-40)50-20-8-6-10-22-52-38(48)4-2/h3-4,11-18,25-28,41-42H,1-2,5-10,19-24,29-30H2/t41-,42-/m1/s1. The molecule has 0 bridgehead atoms. The SMILES string of the molecule is C=CC(=O)OCCCCCOc1cnc(-c2ccc(CO[C@H]3OCCO[C@@H]3OCc3ccc(-c4ncc(OCCCCCOC(=O)C=C)cn4)cc3)cc2)nc1. The van der Waals surface area contributed by atoms with Gasteiger partial charge in [-0.3, -0.25) is 0 Å². The molecular weight excluding hydrogens is 720 g/mol. The number of nitrogens with zero attached hydrogens (tertiary/aromatic N) is 4. The number of carbonyl (C=O) groups excluding carboxylic acids is 2. The molecule has 0 aliphatic carbocycles. The molecule has 14 heteroatoms. The molecule has 0 amide bonds. The van der Waals surface area contributed by atoms with E-state index in [1.54, 1.807) is 24.8 Å². The highest BCUT2D eigenvalue weighted by atomic mass is 16.8. The van der Waals surface area contributed by atoms with Crippen molar-refractivity contribution in [3.63, 3.8) is 0 Å². The van der Waals surface area contributed by atoms with Gasteiger partial charge < -0.3 is 37.9 Å². The van der Waals surface area contributed by atoms with Gasteiger partial charge in [-0.05, 0) is 49.7 Å². The Hall–Kier alpha value is -5.54. The van der Waals surface area contributed by atoms with Crippen LogP contribution in [0.1, 0.15) is 49.7 Å². The van der Waals surface area contributed by atoms with Crippen LogP contribution in [0.3, 0.4) is 0 Å². The normalized spacial score (nSPS) is 15.1. The van der Waals surface area contributed by atoms with Crippen LogP contribution < -0.4 is 9.47 Å². The first-order valence-corrected chi connectivity index (χ1v) is 18.6. The van der Waals surface area contributed by atoms with Crippen LogP contribution in [0.5, 0.6) is 11.5 Å². The molecule has 0 spiro atoms. The number of carbonyl (C=O) groups is 2. The Morgan fingerprint density at radius 2 is 0.946 bits per heavy atom. The van der Waals surface area contributed by atoms with Crippen molar-refractivity contribution < 1.29 is 47.5 Å². The summed E-state index contributed by atoms with van der Waals surface area (Å²) in [7, 11) is 0. The van der Waals surface area contributed by atoms with Gasteiger partial charge in [0.2, 0.25) is 12.6 Å². The highest BCUT2D eigenvalue weighted by Crippen LogP contribution is 2.22. The van der Waals surface area contributed by atoms with Crippen LogP contribution in [0.2, 0.25) is 0 Å². The number of unbranched alkanes of at least 4 members (excludes halogenated alkanes) is 4. The maximum atomic E-state index is 11.1. The maximum Gasteiger partial charge on any atom is 0.330 e. The van der Waals surface area contributed by atoms with Crippen molar-refractivity contribution >= 4 is 11.9 Å². The van der Waals surface area contributed by atoms with Gasteiger partial charge in [-0.2, -0.15) is 0 Å². The van der Waals surface area contributed by atoms with E-state index < -0.39 is 24.5 Å². The van der Waals surface area contributed by atoms with Crippen LogP contribution in [0, 0.1) is 0 Å². The third-order valence-corrected chi connectivity index (χ3v) is 8.32. The van der Waals surface area contributed by atoms with Gasteiger partial charge in [0, 0.05) is 23.3 Å². The number of esters is 2. The second kappa shape index (κ2) is 23.4. The van der Waals surface area contributed by atoms with E-state index in [2.05, 4.69) is 33.1 Å². The average molecular weight is 769 g/mol. The minimum atomic E-state index is -0.690. The molecule has 0 radical (unpaired) electrons. The summed E-state index contributed by atoms with van der Waals surface area (Å²) in [5, 5.41) is 0. The molecule has 2 aromatic heterocycles. The first kappa shape index (κ1) is 41.6. The van der Waals surface area contributed by atoms with E-state index in [0.29, 0.717) is 76.0 Å². The third kappa shape index (κ3) is 14.3. The lowest BCUT2D eigenvalue weighted by molar-refractivity contribution is -0.326. The topological polar surface area (TPSA) is 160 Å². The minimum absolute atomic E-state index is 0.298. The summed E-state index contributed by atoms with van der Waals surface area (Å²) < 4.78 is 45.2. The van der Waals surface area contributed by atoms with E-state index >= 15 is 0 Å². The fraction of sp³-hybridized carbons (Fsp3) is 0.381. The molecule has 0 unspecified atom stereocenters. The van der Waals surface area contributed by atoms with Crippen molar-refractivity contribution in [2.24, 2.45) is 0 Å². The summed E-state index contributed by atoms with van der Waals surface area (Å²) in [4.78, 5) is 39.9. The predicted octanol–water partition coefficient (Wildman–Crippen LogP) is 6.59. The Labute approximate surface area is 326 Å². The van der Waals surface area contributed by atoms with E-state index in [1.807, 2.05) is 48.5 Å². The number of hydrogen-bond donors (Lipinski definition) is 0. The quantitative estimate of drug-likeness (QED) is 0.0427.